The van der Waals surface area contributed by atoms with E-state index < -0.39 is 12.1 Å². The first kappa shape index (κ1) is 13.4. The molecule has 0 aromatic carbocycles. The van der Waals surface area contributed by atoms with Gasteiger partial charge in [-0.3, -0.25) is 4.79 Å². The molecule has 1 amide bonds. The van der Waals surface area contributed by atoms with Crippen LogP contribution in [0.3, 0.4) is 0 Å². The molecule has 1 aliphatic heterocycles. The van der Waals surface area contributed by atoms with Gasteiger partial charge in [-0.15, -0.1) is 0 Å². The third-order valence-corrected chi connectivity index (χ3v) is 2.91. The Labute approximate surface area is 95.4 Å². The molecule has 94 valence electrons. The van der Waals surface area contributed by atoms with Crippen LogP contribution in [-0.2, 0) is 4.79 Å². The molecule has 1 saturated heterocycles. The number of carbonyl (C=O) groups excluding carboxylic acids is 1. The topological polar surface area (TPSA) is 98.8 Å². The summed E-state index contributed by atoms with van der Waals surface area (Å²) in [4.78, 5) is 13.4. The zero-order valence-corrected chi connectivity index (χ0v) is 9.59. The van der Waals surface area contributed by atoms with E-state index in [-0.39, 0.29) is 25.1 Å². The maximum absolute atomic E-state index is 11.9. The van der Waals surface area contributed by atoms with E-state index in [1.54, 1.807) is 7.05 Å². The number of likely N-dealkylation sites (tertiary alicyclic amines) is 1. The van der Waals surface area contributed by atoms with Gasteiger partial charge in [0, 0.05) is 6.54 Å². The molecule has 1 fully saturated rings. The van der Waals surface area contributed by atoms with Gasteiger partial charge in [0.05, 0.1) is 24.8 Å². The Kier molecular flexibility index (Phi) is 5.14. The molecule has 0 radical (unpaired) electrons. The Balaban J connectivity index is 2.51. The second-order valence-corrected chi connectivity index (χ2v) is 4.22. The minimum absolute atomic E-state index is 0.123. The van der Waals surface area contributed by atoms with Crippen LogP contribution in [0.15, 0.2) is 0 Å². The Bertz CT molecular complexity index is 237. The van der Waals surface area contributed by atoms with Crippen LogP contribution in [0.1, 0.15) is 12.8 Å². The average molecular weight is 231 g/mol. The van der Waals surface area contributed by atoms with Crippen LogP contribution in [0.2, 0.25) is 0 Å². The lowest BCUT2D eigenvalue weighted by Crippen LogP contribution is -2.48. The van der Waals surface area contributed by atoms with Crippen molar-refractivity contribution in [3.8, 4) is 0 Å². The second kappa shape index (κ2) is 6.15. The van der Waals surface area contributed by atoms with Gasteiger partial charge < -0.3 is 26.2 Å². The predicted octanol–water partition coefficient (Wildman–Crippen LogP) is -2.12. The summed E-state index contributed by atoms with van der Waals surface area (Å²) in [6, 6.07) is -0.852. The first-order valence-corrected chi connectivity index (χ1v) is 5.59. The summed E-state index contributed by atoms with van der Waals surface area (Å²) in [6.45, 7) is 0.825. The molecule has 3 atom stereocenters. The number of nitrogens with two attached hydrogens (primary N) is 1. The summed E-state index contributed by atoms with van der Waals surface area (Å²) in [6.07, 6.45) is 0.443. The van der Waals surface area contributed by atoms with E-state index in [0.29, 0.717) is 19.4 Å². The molecule has 6 heteroatoms. The van der Waals surface area contributed by atoms with Gasteiger partial charge in [0.25, 0.3) is 0 Å². The van der Waals surface area contributed by atoms with Crippen LogP contribution >= 0.6 is 0 Å². The highest BCUT2D eigenvalue weighted by Gasteiger charge is 2.35. The lowest BCUT2D eigenvalue weighted by Gasteiger charge is -2.25. The highest BCUT2D eigenvalue weighted by molar-refractivity contribution is 5.82. The number of nitrogens with one attached hydrogen (secondary N) is 1. The molecule has 5 N–H and O–H groups in total. The average Bonchev–Trinajstić information content (AvgIpc) is 2.66. The van der Waals surface area contributed by atoms with Crippen LogP contribution in [0.25, 0.3) is 0 Å². The van der Waals surface area contributed by atoms with Gasteiger partial charge in [0.1, 0.15) is 0 Å². The van der Waals surface area contributed by atoms with Gasteiger partial charge in [-0.25, -0.2) is 0 Å². The largest absolute Gasteiger partial charge is 0.394 e. The number of aliphatic hydroxyl groups is 2. The normalized spacial score (nSPS) is 27.1. The molecule has 0 aliphatic carbocycles. The van der Waals surface area contributed by atoms with Crippen molar-refractivity contribution in [1.82, 2.24) is 10.2 Å². The molecule has 0 saturated carbocycles. The molecule has 1 heterocycles. The molecule has 0 spiro atoms. The fourth-order valence-corrected chi connectivity index (χ4v) is 1.97. The minimum atomic E-state index is -0.563. The van der Waals surface area contributed by atoms with Crippen molar-refractivity contribution in [3.05, 3.63) is 0 Å². The Morgan fingerprint density at radius 1 is 1.69 bits per heavy atom. The maximum Gasteiger partial charge on any atom is 0.239 e. The van der Waals surface area contributed by atoms with Crippen molar-refractivity contribution in [2.45, 2.75) is 31.0 Å². The van der Waals surface area contributed by atoms with Gasteiger partial charge >= 0.3 is 0 Å². The maximum atomic E-state index is 11.9. The third-order valence-electron chi connectivity index (χ3n) is 2.91. The van der Waals surface area contributed by atoms with E-state index in [0.717, 1.165) is 0 Å². The summed E-state index contributed by atoms with van der Waals surface area (Å²) in [5, 5.41) is 21.5. The van der Waals surface area contributed by atoms with Crippen LogP contribution in [0, 0.1) is 0 Å². The van der Waals surface area contributed by atoms with E-state index in [2.05, 4.69) is 5.32 Å². The monoisotopic (exact) mass is 231 g/mol. The van der Waals surface area contributed by atoms with Crippen molar-refractivity contribution in [3.63, 3.8) is 0 Å². The first-order valence-electron chi connectivity index (χ1n) is 5.59. The molecule has 16 heavy (non-hydrogen) atoms. The second-order valence-electron chi connectivity index (χ2n) is 4.22. The molecule has 0 bridgehead atoms. The summed E-state index contributed by atoms with van der Waals surface area (Å²) >= 11 is 0. The number of aliphatic hydroxyl groups excluding tert-OH is 2. The number of amides is 1. The minimum Gasteiger partial charge on any atom is -0.394 e. The molecule has 0 aromatic rings. The highest BCUT2D eigenvalue weighted by Crippen LogP contribution is 2.18. The van der Waals surface area contributed by atoms with Crippen LogP contribution in [0.4, 0.5) is 0 Å². The molecule has 1 aliphatic rings. The van der Waals surface area contributed by atoms with Crippen molar-refractivity contribution in [2.75, 3.05) is 26.7 Å². The fraction of sp³-hybridized carbons (Fsp3) is 0.900. The molecule has 6 nitrogen and oxygen atoms in total. The van der Waals surface area contributed by atoms with Gasteiger partial charge in [0.2, 0.25) is 5.91 Å². The summed E-state index contributed by atoms with van der Waals surface area (Å²) in [7, 11) is 1.80. The molecular weight excluding hydrogens is 210 g/mol. The third kappa shape index (κ3) is 3.15. The fourth-order valence-electron chi connectivity index (χ4n) is 1.97. The van der Waals surface area contributed by atoms with Gasteiger partial charge in [-0.1, -0.05) is 0 Å². The van der Waals surface area contributed by atoms with Crippen molar-refractivity contribution in [2.24, 2.45) is 5.73 Å². The van der Waals surface area contributed by atoms with E-state index in [1.165, 1.54) is 4.90 Å². The Hall–Kier alpha value is -0.690. The van der Waals surface area contributed by atoms with Gasteiger partial charge in [-0.2, -0.15) is 0 Å². The van der Waals surface area contributed by atoms with Crippen molar-refractivity contribution in [1.29, 1.82) is 0 Å². The summed E-state index contributed by atoms with van der Waals surface area (Å²) in [5.41, 5.74) is 5.75. The lowest BCUT2D eigenvalue weighted by atomic mass is 10.1. The number of rotatable bonds is 5. The lowest BCUT2D eigenvalue weighted by molar-refractivity contribution is -0.134. The highest BCUT2D eigenvalue weighted by atomic mass is 16.3. The Morgan fingerprint density at radius 3 is 2.94 bits per heavy atom. The number of hydrogen-bond acceptors (Lipinski definition) is 5. The Morgan fingerprint density at radius 2 is 2.38 bits per heavy atom. The summed E-state index contributed by atoms with van der Waals surface area (Å²) < 4.78 is 0. The molecule has 0 aromatic heterocycles. The smallest absolute Gasteiger partial charge is 0.239 e. The van der Waals surface area contributed by atoms with Crippen molar-refractivity contribution >= 4 is 5.91 Å². The molecule has 0 unspecified atom stereocenters. The first-order chi connectivity index (χ1) is 7.60. The van der Waals surface area contributed by atoms with E-state index in [1.807, 2.05) is 0 Å². The number of hydrogen-bond donors (Lipinski definition) is 4. The standard InChI is InChI=1S/C10H21N3O3/c1-12-3-2-9(11)10(16)13-5-8(15)4-7(13)6-14/h7-9,12,14-15H,2-6,11H2,1H3/t7-,8-,9-/m0/s1. The van der Waals surface area contributed by atoms with Gasteiger partial charge in [0.15, 0.2) is 0 Å². The van der Waals surface area contributed by atoms with Crippen molar-refractivity contribution < 1.29 is 15.0 Å². The SMILES string of the molecule is CNCC[C@H](N)C(=O)N1C[C@@H](O)C[C@H]1CO. The van der Waals surface area contributed by atoms with E-state index in [4.69, 9.17) is 10.8 Å². The predicted molar refractivity (Wildman–Crippen MR) is 59.7 cm³/mol. The number of β-amino-alcohol motifs (C(OH)–C–C–N with tert-alkyl or cyclic N) is 1. The molecular formula is C10H21N3O3. The van der Waals surface area contributed by atoms with Crippen LogP contribution < -0.4 is 11.1 Å². The van der Waals surface area contributed by atoms with Crippen LogP contribution in [0.5, 0.6) is 0 Å². The molecule has 1 rings (SSSR count). The number of nitrogens with zero attached hydrogens (tertiary/aromatic N) is 1. The zero-order valence-electron chi connectivity index (χ0n) is 9.59. The quantitative estimate of drug-likeness (QED) is 0.433. The van der Waals surface area contributed by atoms with Crippen LogP contribution in [-0.4, -0.2) is 66.0 Å². The summed E-state index contributed by atoms with van der Waals surface area (Å²) in [5.74, 6) is -0.189. The zero-order chi connectivity index (χ0) is 12.1. The van der Waals surface area contributed by atoms with Gasteiger partial charge in [-0.05, 0) is 26.4 Å². The van der Waals surface area contributed by atoms with E-state index in [9.17, 15) is 9.90 Å². The van der Waals surface area contributed by atoms with E-state index >= 15 is 0 Å². The number of carbonyl (C=O) groups is 1.